The van der Waals surface area contributed by atoms with Crippen LogP contribution in [0.1, 0.15) is 29.5 Å². The maximum absolute atomic E-state index is 12.3. The highest BCUT2D eigenvalue weighted by Gasteiger charge is 2.21. The summed E-state index contributed by atoms with van der Waals surface area (Å²) in [4.78, 5) is 24.8. The van der Waals surface area contributed by atoms with Gasteiger partial charge in [0.05, 0.1) is 0 Å². The van der Waals surface area contributed by atoms with Gasteiger partial charge in [-0.25, -0.2) is 0 Å². The minimum atomic E-state index is -0.250. The second-order valence-electron chi connectivity index (χ2n) is 6.56. The lowest BCUT2D eigenvalue weighted by Gasteiger charge is -2.19. The van der Waals surface area contributed by atoms with Crippen molar-refractivity contribution in [3.63, 3.8) is 0 Å². The normalized spacial score (nSPS) is 19.3. The molecule has 0 spiro atoms. The van der Waals surface area contributed by atoms with E-state index in [1.165, 1.54) is 16.7 Å². The van der Waals surface area contributed by atoms with E-state index < -0.39 is 0 Å². The molecule has 3 rings (SSSR count). The van der Waals surface area contributed by atoms with Gasteiger partial charge in [-0.2, -0.15) is 0 Å². The molecular weight excluding hydrogens is 308 g/mol. The molecule has 6 nitrogen and oxygen atoms in total. The zero-order valence-electron chi connectivity index (χ0n) is 14.4. The second-order valence-corrected chi connectivity index (χ2v) is 6.56. The van der Waals surface area contributed by atoms with Gasteiger partial charge >= 0.3 is 0 Å². The molecule has 1 N–H and O–H groups in total. The van der Waals surface area contributed by atoms with Crippen LogP contribution in [0, 0.1) is 5.92 Å². The van der Waals surface area contributed by atoms with Gasteiger partial charge in [0.2, 0.25) is 5.91 Å². The molecule has 1 aromatic rings. The van der Waals surface area contributed by atoms with E-state index in [1.807, 2.05) is 11.9 Å². The molecule has 1 amide bonds. The molecule has 2 aliphatic heterocycles. The molecule has 1 fully saturated rings. The van der Waals surface area contributed by atoms with Gasteiger partial charge in [-0.15, -0.1) is 0 Å². The van der Waals surface area contributed by atoms with E-state index in [1.54, 1.807) is 0 Å². The Balaban J connectivity index is 0.000000647. The number of fused-ring (bicyclic) bond motifs is 1. The number of carbonyl (C=O) groups excluding carboxylic acids is 1. The lowest BCUT2D eigenvalue weighted by atomic mass is 10.0. The standard InChI is InChI=1S/C17H24N2O2.CH2O2/c1-18-10-15-4-3-13(7-16(15)11-18)9-19(2)17(20)8-14-5-6-21-12-14;2-1-3/h3-4,7,14H,5-6,8-12H2,1-2H3;1H,(H,2,3). The van der Waals surface area contributed by atoms with Gasteiger partial charge in [0, 0.05) is 46.3 Å². The number of rotatable bonds is 4. The van der Waals surface area contributed by atoms with Gasteiger partial charge in [0.15, 0.2) is 0 Å². The number of benzene rings is 1. The average Bonchev–Trinajstić information content (AvgIpc) is 3.16. The number of hydrogen-bond donors (Lipinski definition) is 1. The summed E-state index contributed by atoms with van der Waals surface area (Å²) in [5, 5.41) is 6.89. The van der Waals surface area contributed by atoms with Crippen LogP contribution in [-0.4, -0.2) is 54.6 Å². The third-order valence-corrected chi connectivity index (χ3v) is 4.48. The summed E-state index contributed by atoms with van der Waals surface area (Å²) in [6.45, 7) is 4.04. The van der Waals surface area contributed by atoms with Crippen molar-refractivity contribution in [3.05, 3.63) is 34.9 Å². The fourth-order valence-electron chi connectivity index (χ4n) is 3.23. The van der Waals surface area contributed by atoms with Crippen molar-refractivity contribution < 1.29 is 19.4 Å². The first kappa shape index (κ1) is 18.4. The summed E-state index contributed by atoms with van der Waals surface area (Å²) in [5.41, 5.74) is 4.04. The third-order valence-electron chi connectivity index (χ3n) is 4.48. The van der Waals surface area contributed by atoms with Crippen LogP contribution < -0.4 is 0 Å². The molecule has 2 heterocycles. The van der Waals surface area contributed by atoms with Crippen molar-refractivity contribution in [3.8, 4) is 0 Å². The average molecular weight is 334 g/mol. The summed E-state index contributed by atoms with van der Waals surface area (Å²) in [7, 11) is 4.04. The largest absolute Gasteiger partial charge is 0.483 e. The number of hydrogen-bond acceptors (Lipinski definition) is 4. The van der Waals surface area contributed by atoms with Crippen molar-refractivity contribution in [2.45, 2.75) is 32.5 Å². The van der Waals surface area contributed by atoms with Crippen LogP contribution in [0.2, 0.25) is 0 Å². The van der Waals surface area contributed by atoms with Crippen LogP contribution in [-0.2, 0) is 34.0 Å². The van der Waals surface area contributed by atoms with Crippen LogP contribution in [0.4, 0.5) is 0 Å². The molecular formula is C18H26N2O4. The van der Waals surface area contributed by atoms with E-state index in [9.17, 15) is 4.79 Å². The topological polar surface area (TPSA) is 70.1 Å². The smallest absolute Gasteiger partial charge is 0.290 e. The van der Waals surface area contributed by atoms with Gasteiger partial charge in [-0.1, -0.05) is 18.2 Å². The summed E-state index contributed by atoms with van der Waals surface area (Å²) in [6, 6.07) is 6.61. The fraction of sp³-hybridized carbons (Fsp3) is 0.556. The Kier molecular flexibility index (Phi) is 6.75. The van der Waals surface area contributed by atoms with Gasteiger partial charge in [-0.05, 0) is 36.1 Å². The maximum Gasteiger partial charge on any atom is 0.290 e. The van der Waals surface area contributed by atoms with Crippen LogP contribution in [0.25, 0.3) is 0 Å². The minimum absolute atomic E-state index is 0.225. The van der Waals surface area contributed by atoms with Crippen molar-refractivity contribution in [1.82, 2.24) is 9.80 Å². The number of ether oxygens (including phenoxy) is 1. The van der Waals surface area contributed by atoms with Gasteiger partial charge in [0.25, 0.3) is 6.47 Å². The van der Waals surface area contributed by atoms with Crippen LogP contribution in [0.15, 0.2) is 18.2 Å². The summed E-state index contributed by atoms with van der Waals surface area (Å²) < 4.78 is 5.34. The highest BCUT2D eigenvalue weighted by Crippen LogP contribution is 2.23. The number of carbonyl (C=O) groups is 2. The maximum atomic E-state index is 12.3. The zero-order chi connectivity index (χ0) is 17.5. The monoisotopic (exact) mass is 334 g/mol. The van der Waals surface area contributed by atoms with Crippen LogP contribution in [0.5, 0.6) is 0 Å². The summed E-state index contributed by atoms with van der Waals surface area (Å²) in [6.07, 6.45) is 1.63. The minimum Gasteiger partial charge on any atom is -0.483 e. The Hall–Kier alpha value is -1.92. The van der Waals surface area contributed by atoms with Gasteiger partial charge in [0.1, 0.15) is 0 Å². The Bertz CT molecular complexity index is 570. The van der Waals surface area contributed by atoms with E-state index in [0.29, 0.717) is 18.9 Å². The fourth-order valence-corrected chi connectivity index (χ4v) is 3.23. The van der Waals surface area contributed by atoms with Crippen molar-refractivity contribution in [2.75, 3.05) is 27.3 Å². The second kappa shape index (κ2) is 8.80. The quantitative estimate of drug-likeness (QED) is 0.849. The van der Waals surface area contributed by atoms with Gasteiger partial charge in [-0.3, -0.25) is 14.5 Å². The first-order valence-corrected chi connectivity index (χ1v) is 8.22. The van der Waals surface area contributed by atoms with Crippen molar-refractivity contribution >= 4 is 12.4 Å². The highest BCUT2D eigenvalue weighted by molar-refractivity contribution is 5.76. The Morgan fingerprint density at radius 2 is 2.12 bits per heavy atom. The Morgan fingerprint density at radius 3 is 2.79 bits per heavy atom. The number of carboxylic acid groups (broad SMARTS) is 1. The van der Waals surface area contributed by atoms with E-state index in [2.05, 4.69) is 30.1 Å². The molecule has 132 valence electrons. The predicted molar refractivity (Wildman–Crippen MR) is 90.3 cm³/mol. The number of nitrogens with zero attached hydrogens (tertiary/aromatic N) is 2. The third kappa shape index (κ3) is 5.04. The van der Waals surface area contributed by atoms with E-state index >= 15 is 0 Å². The van der Waals surface area contributed by atoms with E-state index in [-0.39, 0.29) is 12.4 Å². The highest BCUT2D eigenvalue weighted by atomic mass is 16.5. The van der Waals surface area contributed by atoms with Gasteiger partial charge < -0.3 is 14.7 Å². The lowest BCUT2D eigenvalue weighted by molar-refractivity contribution is -0.131. The molecule has 0 aromatic heterocycles. The molecule has 2 aliphatic rings. The van der Waals surface area contributed by atoms with Crippen molar-refractivity contribution in [1.29, 1.82) is 0 Å². The summed E-state index contributed by atoms with van der Waals surface area (Å²) in [5.74, 6) is 0.636. The van der Waals surface area contributed by atoms with Crippen LogP contribution in [0.3, 0.4) is 0 Å². The SMILES string of the molecule is CN1Cc2ccc(CN(C)C(=O)CC3CCOC3)cc2C1.O=CO. The molecule has 1 aromatic carbocycles. The predicted octanol–water partition coefficient (Wildman–Crippen LogP) is 1.72. The molecule has 1 saturated heterocycles. The van der Waals surface area contributed by atoms with Crippen molar-refractivity contribution in [2.24, 2.45) is 5.92 Å². The molecule has 24 heavy (non-hydrogen) atoms. The summed E-state index contributed by atoms with van der Waals surface area (Å²) >= 11 is 0. The molecule has 1 unspecified atom stereocenters. The Morgan fingerprint density at radius 1 is 1.42 bits per heavy atom. The molecule has 0 saturated carbocycles. The molecule has 6 heteroatoms. The van der Waals surface area contributed by atoms with E-state index in [0.717, 1.165) is 32.7 Å². The zero-order valence-corrected chi connectivity index (χ0v) is 14.4. The molecule has 0 bridgehead atoms. The lowest BCUT2D eigenvalue weighted by Crippen LogP contribution is -2.28. The molecule has 1 atom stereocenters. The Labute approximate surface area is 143 Å². The first-order valence-electron chi connectivity index (χ1n) is 8.22. The van der Waals surface area contributed by atoms with Crippen LogP contribution >= 0.6 is 0 Å². The van der Waals surface area contributed by atoms with E-state index in [4.69, 9.17) is 14.6 Å². The molecule has 0 radical (unpaired) electrons. The molecule has 0 aliphatic carbocycles. The first-order chi connectivity index (χ1) is 11.5. The number of amides is 1.